The van der Waals surface area contributed by atoms with Crippen LogP contribution in [-0.4, -0.2) is 14.2 Å². The lowest BCUT2D eigenvalue weighted by atomic mass is 9.89. The highest BCUT2D eigenvalue weighted by Gasteiger charge is 2.19. The van der Waals surface area contributed by atoms with Gasteiger partial charge in [-0.1, -0.05) is 44.6 Å². The predicted octanol–water partition coefficient (Wildman–Crippen LogP) is 4.46. The Morgan fingerprint density at radius 1 is 1.25 bits per heavy atom. The van der Waals surface area contributed by atoms with Crippen LogP contribution < -0.4 is 10.1 Å². The van der Waals surface area contributed by atoms with Gasteiger partial charge in [0, 0.05) is 6.04 Å². The van der Waals surface area contributed by atoms with Gasteiger partial charge in [-0.05, 0) is 37.1 Å². The minimum absolute atomic E-state index is 0.235. The summed E-state index contributed by atoms with van der Waals surface area (Å²) in [5.74, 6) is 0.810. The maximum Gasteiger partial charge on any atom is 0.165 e. The highest BCUT2D eigenvalue weighted by Crippen LogP contribution is 2.32. The summed E-state index contributed by atoms with van der Waals surface area (Å²) in [4.78, 5) is 0. The molecule has 112 valence electrons. The number of benzene rings is 1. The summed E-state index contributed by atoms with van der Waals surface area (Å²) in [6, 6.07) is 5.54. The maximum absolute atomic E-state index is 13.8. The molecule has 0 heterocycles. The van der Waals surface area contributed by atoms with Gasteiger partial charge in [0.1, 0.15) is 0 Å². The van der Waals surface area contributed by atoms with Gasteiger partial charge < -0.3 is 10.1 Å². The first-order valence-corrected chi connectivity index (χ1v) is 7.75. The third-order valence-electron chi connectivity index (χ3n) is 4.47. The Morgan fingerprint density at radius 2 is 1.95 bits per heavy atom. The van der Waals surface area contributed by atoms with Gasteiger partial charge in [0.25, 0.3) is 0 Å². The molecule has 1 saturated carbocycles. The Morgan fingerprint density at radius 3 is 2.50 bits per heavy atom. The fraction of sp³-hybridized carbons (Fsp3) is 0.647. The van der Waals surface area contributed by atoms with Crippen molar-refractivity contribution in [3.05, 3.63) is 29.6 Å². The number of halogens is 1. The molecule has 20 heavy (non-hydrogen) atoms. The Kier molecular flexibility index (Phi) is 5.84. The van der Waals surface area contributed by atoms with Crippen LogP contribution in [0.25, 0.3) is 0 Å². The largest absolute Gasteiger partial charge is 0.494 e. The molecular weight excluding hydrogens is 253 g/mol. The fourth-order valence-corrected chi connectivity index (χ4v) is 3.25. The van der Waals surface area contributed by atoms with Crippen LogP contribution in [0.3, 0.4) is 0 Å². The average Bonchev–Trinajstić information content (AvgIpc) is 2.73. The number of hydrogen-bond donors (Lipinski definition) is 1. The third-order valence-corrected chi connectivity index (χ3v) is 4.47. The first kappa shape index (κ1) is 15.3. The molecule has 1 unspecified atom stereocenters. The Bertz CT molecular complexity index is 413. The summed E-state index contributed by atoms with van der Waals surface area (Å²) in [6.07, 6.45) is 9.17. The third kappa shape index (κ3) is 3.95. The van der Waals surface area contributed by atoms with Crippen molar-refractivity contribution in [1.29, 1.82) is 0 Å². The molecule has 3 heteroatoms. The number of nitrogens with one attached hydrogen (secondary N) is 1. The smallest absolute Gasteiger partial charge is 0.165 e. The molecule has 0 radical (unpaired) electrons. The zero-order chi connectivity index (χ0) is 14.4. The average molecular weight is 279 g/mol. The van der Waals surface area contributed by atoms with E-state index in [1.165, 1.54) is 45.6 Å². The number of methoxy groups -OCH3 is 1. The van der Waals surface area contributed by atoms with E-state index in [0.29, 0.717) is 5.75 Å². The summed E-state index contributed by atoms with van der Waals surface area (Å²) in [6.45, 7) is 0. The molecule has 0 bridgehead atoms. The molecule has 1 aliphatic rings. The summed E-state index contributed by atoms with van der Waals surface area (Å²) >= 11 is 0. The first-order chi connectivity index (χ1) is 9.74. The van der Waals surface area contributed by atoms with Crippen molar-refractivity contribution in [3.63, 3.8) is 0 Å². The van der Waals surface area contributed by atoms with Gasteiger partial charge in [-0.2, -0.15) is 0 Å². The van der Waals surface area contributed by atoms with Crippen molar-refractivity contribution in [3.8, 4) is 5.75 Å². The lowest BCUT2D eigenvalue weighted by Gasteiger charge is -2.23. The Hall–Kier alpha value is -1.09. The van der Waals surface area contributed by atoms with Crippen molar-refractivity contribution >= 4 is 0 Å². The number of hydrogen-bond acceptors (Lipinski definition) is 2. The van der Waals surface area contributed by atoms with E-state index < -0.39 is 0 Å². The van der Waals surface area contributed by atoms with Crippen LogP contribution >= 0.6 is 0 Å². The van der Waals surface area contributed by atoms with Crippen molar-refractivity contribution in [2.45, 2.75) is 51.0 Å². The second kappa shape index (κ2) is 7.63. The number of rotatable bonds is 5. The monoisotopic (exact) mass is 279 g/mol. The molecule has 0 spiro atoms. The maximum atomic E-state index is 13.8. The van der Waals surface area contributed by atoms with Crippen molar-refractivity contribution < 1.29 is 9.13 Å². The molecule has 1 atom stereocenters. The van der Waals surface area contributed by atoms with Gasteiger partial charge in [-0.15, -0.1) is 0 Å². The zero-order valence-electron chi connectivity index (χ0n) is 12.6. The van der Waals surface area contributed by atoms with Gasteiger partial charge in [0.15, 0.2) is 11.6 Å². The van der Waals surface area contributed by atoms with Gasteiger partial charge in [0.2, 0.25) is 0 Å². The molecule has 0 saturated heterocycles. The molecule has 2 nitrogen and oxygen atoms in total. The second-order valence-corrected chi connectivity index (χ2v) is 5.83. The molecular formula is C17H26FNO. The zero-order valence-corrected chi connectivity index (χ0v) is 12.6. The van der Waals surface area contributed by atoms with Gasteiger partial charge in [-0.25, -0.2) is 4.39 Å². The van der Waals surface area contributed by atoms with Crippen LogP contribution in [0.4, 0.5) is 4.39 Å². The molecule has 1 fully saturated rings. The Labute approximate surface area is 121 Å². The van der Waals surface area contributed by atoms with Gasteiger partial charge in [-0.3, -0.25) is 0 Å². The molecule has 0 amide bonds. The van der Waals surface area contributed by atoms with E-state index in [1.807, 2.05) is 13.1 Å². The molecule has 0 aliphatic heterocycles. The normalized spacial score (nSPS) is 18.6. The summed E-state index contributed by atoms with van der Waals surface area (Å²) in [5.41, 5.74) is 1.02. The van der Waals surface area contributed by atoms with E-state index in [0.717, 1.165) is 17.9 Å². The molecule has 2 rings (SSSR count). The molecule has 1 aromatic rings. The van der Waals surface area contributed by atoms with Crippen LogP contribution in [0.5, 0.6) is 5.75 Å². The summed E-state index contributed by atoms with van der Waals surface area (Å²) in [5, 5.41) is 3.34. The molecule has 1 N–H and O–H groups in total. The molecule has 1 aliphatic carbocycles. The van der Waals surface area contributed by atoms with Crippen LogP contribution in [0.15, 0.2) is 18.2 Å². The van der Waals surface area contributed by atoms with E-state index in [4.69, 9.17) is 4.74 Å². The first-order valence-electron chi connectivity index (χ1n) is 7.75. The topological polar surface area (TPSA) is 21.3 Å². The van der Waals surface area contributed by atoms with E-state index >= 15 is 0 Å². The van der Waals surface area contributed by atoms with Gasteiger partial charge in [0.05, 0.1) is 7.11 Å². The van der Waals surface area contributed by atoms with E-state index in [-0.39, 0.29) is 11.9 Å². The lowest BCUT2D eigenvalue weighted by molar-refractivity contribution is 0.364. The second-order valence-electron chi connectivity index (χ2n) is 5.83. The van der Waals surface area contributed by atoms with E-state index in [1.54, 1.807) is 12.1 Å². The standard InChI is InChI=1S/C17H26FNO/c1-19-16(11-13-7-5-3-4-6-8-13)14-9-10-17(20-2)15(18)12-14/h9-10,12-13,16,19H,3-8,11H2,1-2H3. The van der Waals surface area contributed by atoms with Gasteiger partial charge >= 0.3 is 0 Å². The molecule has 0 aromatic heterocycles. The summed E-state index contributed by atoms with van der Waals surface area (Å²) < 4.78 is 18.8. The van der Waals surface area contributed by atoms with Crippen molar-refractivity contribution in [2.24, 2.45) is 5.92 Å². The van der Waals surface area contributed by atoms with Crippen LogP contribution in [0.1, 0.15) is 56.6 Å². The van der Waals surface area contributed by atoms with Crippen molar-refractivity contribution in [1.82, 2.24) is 5.32 Å². The summed E-state index contributed by atoms with van der Waals surface area (Å²) in [7, 11) is 3.46. The highest BCUT2D eigenvalue weighted by atomic mass is 19.1. The van der Waals surface area contributed by atoms with Crippen LogP contribution in [0, 0.1) is 11.7 Å². The minimum atomic E-state index is -0.272. The SMILES string of the molecule is CNC(CC1CCCCCC1)c1ccc(OC)c(F)c1. The van der Waals surface area contributed by atoms with Crippen LogP contribution in [0.2, 0.25) is 0 Å². The van der Waals surface area contributed by atoms with Crippen LogP contribution in [-0.2, 0) is 0 Å². The quantitative estimate of drug-likeness (QED) is 0.804. The Balaban J connectivity index is 2.05. The highest BCUT2D eigenvalue weighted by molar-refractivity contribution is 5.31. The fourth-order valence-electron chi connectivity index (χ4n) is 3.25. The van der Waals surface area contributed by atoms with E-state index in [2.05, 4.69) is 5.32 Å². The predicted molar refractivity (Wildman–Crippen MR) is 80.6 cm³/mol. The van der Waals surface area contributed by atoms with E-state index in [9.17, 15) is 4.39 Å². The lowest BCUT2D eigenvalue weighted by Crippen LogP contribution is -2.20. The molecule has 1 aromatic carbocycles. The van der Waals surface area contributed by atoms with Crippen molar-refractivity contribution in [2.75, 3.05) is 14.2 Å². The number of ether oxygens (including phenoxy) is 1. The minimum Gasteiger partial charge on any atom is -0.494 e.